The molecule has 1 heterocycles. The van der Waals surface area contributed by atoms with Crippen LogP contribution in [0.5, 0.6) is 0 Å². The van der Waals surface area contributed by atoms with E-state index in [-0.39, 0.29) is 6.04 Å². The summed E-state index contributed by atoms with van der Waals surface area (Å²) in [6, 6.07) is 1.05. The number of rotatable bonds is 2. The maximum Gasteiger partial charge on any atom is 0.321 e. The second-order valence-corrected chi connectivity index (χ2v) is 2.80. The number of aryl methyl sites for hydroxylation is 1. The van der Waals surface area contributed by atoms with Crippen molar-refractivity contribution in [2.45, 2.75) is 25.4 Å². The maximum atomic E-state index is 5.57. The lowest BCUT2D eigenvalue weighted by Crippen LogP contribution is -2.13. The van der Waals surface area contributed by atoms with Gasteiger partial charge in [0.05, 0.1) is 0 Å². The Morgan fingerprint density at radius 1 is 1.73 bits per heavy atom. The standard InChI is InChI=1S/C6H10N4O/c1-3-8-6(11-10-3)9-5-2-4(5)7/h4-5H,2,7H2,1H3,(H,8,9,10). The molecule has 2 atom stereocenters. The van der Waals surface area contributed by atoms with Crippen LogP contribution in [0.15, 0.2) is 4.52 Å². The number of hydrogen-bond donors (Lipinski definition) is 2. The van der Waals surface area contributed by atoms with E-state index in [1.807, 2.05) is 0 Å². The third-order valence-corrected chi connectivity index (χ3v) is 1.68. The summed E-state index contributed by atoms with van der Waals surface area (Å²) in [5.74, 6) is 0.640. The molecule has 11 heavy (non-hydrogen) atoms. The van der Waals surface area contributed by atoms with Crippen molar-refractivity contribution in [3.8, 4) is 0 Å². The van der Waals surface area contributed by atoms with Crippen molar-refractivity contribution in [1.29, 1.82) is 0 Å². The molecule has 0 amide bonds. The number of anilines is 1. The van der Waals surface area contributed by atoms with E-state index in [1.165, 1.54) is 0 Å². The zero-order chi connectivity index (χ0) is 7.84. The Labute approximate surface area is 64.0 Å². The molecule has 5 nitrogen and oxygen atoms in total. The molecule has 1 aliphatic rings. The molecule has 0 bridgehead atoms. The van der Waals surface area contributed by atoms with Crippen LogP contribution in [0.4, 0.5) is 6.01 Å². The number of nitrogens with two attached hydrogens (primary N) is 1. The van der Waals surface area contributed by atoms with Gasteiger partial charge in [-0.1, -0.05) is 5.16 Å². The van der Waals surface area contributed by atoms with E-state index in [0.29, 0.717) is 17.9 Å². The average molecular weight is 154 g/mol. The molecule has 1 aromatic rings. The SMILES string of the molecule is Cc1noc(NC2CC2N)n1. The van der Waals surface area contributed by atoms with Gasteiger partial charge in [0.15, 0.2) is 5.82 Å². The zero-order valence-corrected chi connectivity index (χ0v) is 6.24. The Kier molecular flexibility index (Phi) is 1.32. The third kappa shape index (κ3) is 1.32. The Hall–Kier alpha value is -1.10. The summed E-state index contributed by atoms with van der Waals surface area (Å²) in [6.45, 7) is 1.78. The van der Waals surface area contributed by atoms with Gasteiger partial charge in [-0.25, -0.2) is 0 Å². The van der Waals surface area contributed by atoms with Gasteiger partial charge in [-0.15, -0.1) is 0 Å². The lowest BCUT2D eigenvalue weighted by Gasteiger charge is -1.93. The van der Waals surface area contributed by atoms with E-state index in [9.17, 15) is 0 Å². The lowest BCUT2D eigenvalue weighted by atomic mass is 10.6. The van der Waals surface area contributed by atoms with Gasteiger partial charge in [-0.3, -0.25) is 0 Å². The Morgan fingerprint density at radius 2 is 2.45 bits per heavy atom. The highest BCUT2D eigenvalue weighted by molar-refractivity contribution is 5.26. The van der Waals surface area contributed by atoms with Crippen LogP contribution in [-0.4, -0.2) is 22.2 Å². The first-order valence-electron chi connectivity index (χ1n) is 3.58. The zero-order valence-electron chi connectivity index (χ0n) is 6.24. The maximum absolute atomic E-state index is 5.57. The summed E-state index contributed by atoms with van der Waals surface area (Å²) >= 11 is 0. The molecule has 3 N–H and O–H groups in total. The van der Waals surface area contributed by atoms with Crippen molar-refractivity contribution in [2.75, 3.05) is 5.32 Å². The topological polar surface area (TPSA) is 77.0 Å². The van der Waals surface area contributed by atoms with Crippen LogP contribution in [0.1, 0.15) is 12.2 Å². The smallest absolute Gasteiger partial charge is 0.321 e. The summed E-state index contributed by atoms with van der Waals surface area (Å²) in [7, 11) is 0. The molecule has 2 unspecified atom stereocenters. The van der Waals surface area contributed by atoms with E-state index < -0.39 is 0 Å². The monoisotopic (exact) mass is 154 g/mol. The summed E-state index contributed by atoms with van der Waals surface area (Å²) < 4.78 is 4.84. The highest BCUT2D eigenvalue weighted by Gasteiger charge is 2.34. The molecule has 0 saturated heterocycles. The quantitative estimate of drug-likeness (QED) is 0.621. The van der Waals surface area contributed by atoms with E-state index in [2.05, 4.69) is 15.5 Å². The van der Waals surface area contributed by atoms with E-state index >= 15 is 0 Å². The van der Waals surface area contributed by atoms with Crippen molar-refractivity contribution in [1.82, 2.24) is 10.1 Å². The summed E-state index contributed by atoms with van der Waals surface area (Å²) in [4.78, 5) is 3.98. The first-order valence-corrected chi connectivity index (χ1v) is 3.58. The Balaban J connectivity index is 1.96. The molecule has 1 aliphatic carbocycles. The molecule has 1 aromatic heterocycles. The second kappa shape index (κ2) is 2.20. The molecule has 0 radical (unpaired) electrons. The van der Waals surface area contributed by atoms with Crippen LogP contribution in [0.2, 0.25) is 0 Å². The molecule has 1 saturated carbocycles. The van der Waals surface area contributed by atoms with Gasteiger partial charge >= 0.3 is 6.01 Å². The van der Waals surface area contributed by atoms with Gasteiger partial charge < -0.3 is 15.6 Å². The predicted molar refractivity (Wildman–Crippen MR) is 39.0 cm³/mol. The van der Waals surface area contributed by atoms with Gasteiger partial charge in [0.2, 0.25) is 0 Å². The van der Waals surface area contributed by atoms with Crippen LogP contribution < -0.4 is 11.1 Å². The fourth-order valence-electron chi connectivity index (χ4n) is 0.895. The predicted octanol–water partition coefficient (Wildman–Crippen LogP) is -0.110. The van der Waals surface area contributed by atoms with Crippen LogP contribution in [0, 0.1) is 6.92 Å². The molecule has 60 valence electrons. The number of nitrogens with one attached hydrogen (secondary N) is 1. The van der Waals surface area contributed by atoms with Crippen molar-refractivity contribution in [3.63, 3.8) is 0 Å². The van der Waals surface area contributed by atoms with Crippen molar-refractivity contribution >= 4 is 6.01 Å². The van der Waals surface area contributed by atoms with Gasteiger partial charge in [0, 0.05) is 12.1 Å². The van der Waals surface area contributed by atoms with E-state index in [0.717, 1.165) is 6.42 Å². The van der Waals surface area contributed by atoms with E-state index in [4.69, 9.17) is 10.3 Å². The second-order valence-electron chi connectivity index (χ2n) is 2.80. The van der Waals surface area contributed by atoms with Gasteiger partial charge in [0.1, 0.15) is 0 Å². The minimum atomic E-state index is 0.252. The highest BCUT2D eigenvalue weighted by atomic mass is 16.5. The largest absolute Gasteiger partial charge is 0.333 e. The molecule has 5 heteroatoms. The molecule has 0 spiro atoms. The third-order valence-electron chi connectivity index (χ3n) is 1.68. The Bertz CT molecular complexity index is 259. The van der Waals surface area contributed by atoms with Crippen molar-refractivity contribution in [2.24, 2.45) is 5.73 Å². The fourth-order valence-corrected chi connectivity index (χ4v) is 0.895. The number of aromatic nitrogens is 2. The fraction of sp³-hybridized carbons (Fsp3) is 0.667. The minimum absolute atomic E-state index is 0.252. The number of nitrogens with zero attached hydrogens (tertiary/aromatic N) is 2. The number of hydrogen-bond acceptors (Lipinski definition) is 5. The first kappa shape index (κ1) is 6.60. The summed E-state index contributed by atoms with van der Waals surface area (Å²) in [5, 5.41) is 6.65. The van der Waals surface area contributed by atoms with E-state index in [1.54, 1.807) is 6.92 Å². The summed E-state index contributed by atoms with van der Waals surface area (Å²) in [5.41, 5.74) is 5.57. The van der Waals surface area contributed by atoms with Crippen LogP contribution in [-0.2, 0) is 0 Å². The molecule has 0 aromatic carbocycles. The first-order chi connectivity index (χ1) is 5.25. The molecular formula is C6H10N4O. The summed E-state index contributed by atoms with van der Waals surface area (Å²) in [6.07, 6.45) is 0.988. The molecule has 0 aliphatic heterocycles. The van der Waals surface area contributed by atoms with Crippen molar-refractivity contribution in [3.05, 3.63) is 5.82 Å². The molecule has 2 rings (SSSR count). The lowest BCUT2D eigenvalue weighted by molar-refractivity contribution is 0.425. The Morgan fingerprint density at radius 3 is 2.91 bits per heavy atom. The molecule has 1 fully saturated rings. The normalized spacial score (nSPS) is 28.5. The minimum Gasteiger partial charge on any atom is -0.333 e. The average Bonchev–Trinajstić information content (AvgIpc) is 2.42. The van der Waals surface area contributed by atoms with Gasteiger partial charge in [-0.05, 0) is 13.3 Å². The van der Waals surface area contributed by atoms with Crippen molar-refractivity contribution < 1.29 is 4.52 Å². The van der Waals surface area contributed by atoms with Crippen LogP contribution in [0.3, 0.4) is 0 Å². The molecular weight excluding hydrogens is 144 g/mol. The van der Waals surface area contributed by atoms with Crippen LogP contribution in [0.25, 0.3) is 0 Å². The van der Waals surface area contributed by atoms with Gasteiger partial charge in [-0.2, -0.15) is 4.98 Å². The van der Waals surface area contributed by atoms with Crippen LogP contribution >= 0.6 is 0 Å². The van der Waals surface area contributed by atoms with Gasteiger partial charge in [0.25, 0.3) is 0 Å². The highest BCUT2D eigenvalue weighted by Crippen LogP contribution is 2.22.